The van der Waals surface area contributed by atoms with Crippen LogP contribution in [-0.2, 0) is 0 Å². The zero-order valence-corrected chi connectivity index (χ0v) is 14.2. The van der Waals surface area contributed by atoms with Crippen molar-refractivity contribution >= 4 is 17.6 Å². The monoisotopic (exact) mass is 338 g/mol. The minimum Gasteiger partial charge on any atom is -0.370 e. The zero-order valence-electron chi connectivity index (χ0n) is 13.4. The second-order valence-electron chi connectivity index (χ2n) is 6.42. The number of hydrogen-bond donors (Lipinski definition) is 2. The smallest absolute Gasteiger partial charge is 0.188 e. The van der Waals surface area contributed by atoms with Crippen LogP contribution in [0.1, 0.15) is 37.7 Å². The maximum absolute atomic E-state index is 13.5. The molecule has 2 fully saturated rings. The van der Waals surface area contributed by atoms with E-state index in [1.54, 1.807) is 6.07 Å². The molecule has 1 aliphatic carbocycles. The van der Waals surface area contributed by atoms with E-state index in [1.165, 1.54) is 18.9 Å². The first-order valence-electron chi connectivity index (χ1n) is 8.34. The van der Waals surface area contributed by atoms with Gasteiger partial charge in [-0.05, 0) is 50.0 Å². The Balaban J connectivity index is 1.50. The molecule has 0 spiro atoms. The van der Waals surface area contributed by atoms with Crippen LogP contribution in [0, 0.1) is 5.82 Å². The number of guanidine groups is 1. The lowest BCUT2D eigenvalue weighted by molar-refractivity contribution is 0.273. The number of benzene rings is 1. The molecule has 3 N–H and O–H groups in total. The van der Waals surface area contributed by atoms with Crippen molar-refractivity contribution < 1.29 is 4.39 Å². The number of nitrogens with zero attached hydrogens (tertiary/aromatic N) is 2. The van der Waals surface area contributed by atoms with E-state index in [0.29, 0.717) is 12.0 Å². The molecule has 3 rings (SSSR count). The summed E-state index contributed by atoms with van der Waals surface area (Å²) >= 11 is 5.72. The molecule has 0 amide bonds. The Kier molecular flexibility index (Phi) is 5.07. The molecular formula is C17H24ClFN4. The van der Waals surface area contributed by atoms with Gasteiger partial charge < -0.3 is 11.1 Å². The summed E-state index contributed by atoms with van der Waals surface area (Å²) in [5.41, 5.74) is 6.96. The molecule has 1 aromatic rings. The first-order chi connectivity index (χ1) is 11.1. The van der Waals surface area contributed by atoms with Crippen LogP contribution in [0.4, 0.5) is 4.39 Å². The molecule has 126 valence electrons. The van der Waals surface area contributed by atoms with Gasteiger partial charge in [0.1, 0.15) is 5.82 Å². The van der Waals surface area contributed by atoms with E-state index in [2.05, 4.69) is 22.1 Å². The summed E-state index contributed by atoms with van der Waals surface area (Å²) in [5.74, 6) is 0.418. The van der Waals surface area contributed by atoms with Crippen molar-refractivity contribution in [1.29, 1.82) is 0 Å². The molecule has 1 heterocycles. The standard InChI is InChI=1S/C17H24ClFN4/c1-2-23-7-3-4-12(23)10-21-17(20)22-16-9-13(16)11-5-6-14(18)15(19)8-11/h5-6,8,12-13,16H,2-4,7,9-10H2,1H3,(H3,20,21,22)/t12?,13-,16+/m0/s1. The van der Waals surface area contributed by atoms with E-state index >= 15 is 0 Å². The predicted molar refractivity (Wildman–Crippen MR) is 92.5 cm³/mol. The van der Waals surface area contributed by atoms with Gasteiger partial charge in [-0.1, -0.05) is 24.6 Å². The van der Waals surface area contributed by atoms with Crippen LogP contribution in [0.3, 0.4) is 0 Å². The number of rotatable bonds is 5. The normalized spacial score (nSPS) is 28.1. The highest BCUT2D eigenvalue weighted by Crippen LogP contribution is 2.41. The summed E-state index contributed by atoms with van der Waals surface area (Å²) in [6, 6.07) is 5.76. The predicted octanol–water partition coefficient (Wildman–Crippen LogP) is 2.72. The molecular weight excluding hydrogens is 315 g/mol. The van der Waals surface area contributed by atoms with E-state index in [4.69, 9.17) is 17.3 Å². The summed E-state index contributed by atoms with van der Waals surface area (Å²) in [5, 5.41) is 3.41. The third-order valence-electron chi connectivity index (χ3n) is 4.87. The molecule has 1 saturated carbocycles. The summed E-state index contributed by atoms with van der Waals surface area (Å²) in [7, 11) is 0. The fourth-order valence-electron chi connectivity index (χ4n) is 3.42. The molecule has 6 heteroatoms. The largest absolute Gasteiger partial charge is 0.370 e. The van der Waals surface area contributed by atoms with E-state index < -0.39 is 0 Å². The van der Waals surface area contributed by atoms with Crippen molar-refractivity contribution in [2.45, 2.75) is 44.2 Å². The molecule has 3 atom stereocenters. The minimum atomic E-state index is -0.364. The van der Waals surface area contributed by atoms with E-state index in [-0.39, 0.29) is 22.8 Å². The fraction of sp³-hybridized carbons (Fsp3) is 0.588. The number of nitrogens with two attached hydrogens (primary N) is 1. The molecule has 1 unspecified atom stereocenters. The quantitative estimate of drug-likeness (QED) is 0.641. The molecule has 2 aliphatic rings. The molecule has 1 aliphatic heterocycles. The highest BCUT2D eigenvalue weighted by molar-refractivity contribution is 6.30. The lowest BCUT2D eigenvalue weighted by atomic mass is 10.1. The number of halogens is 2. The zero-order chi connectivity index (χ0) is 16.4. The van der Waals surface area contributed by atoms with Crippen LogP contribution in [-0.4, -0.2) is 42.6 Å². The summed E-state index contributed by atoms with van der Waals surface area (Å²) < 4.78 is 13.5. The SMILES string of the molecule is CCN1CCCC1CN=C(N)N[C@@H]1C[C@H]1c1ccc(Cl)c(F)c1. The van der Waals surface area contributed by atoms with Gasteiger partial charge in [-0.15, -0.1) is 0 Å². The lowest BCUT2D eigenvalue weighted by Gasteiger charge is -2.21. The third kappa shape index (κ3) is 3.96. The number of aliphatic imine (C=N–C) groups is 1. The van der Waals surface area contributed by atoms with Gasteiger partial charge in [0.2, 0.25) is 0 Å². The Morgan fingerprint density at radius 2 is 2.35 bits per heavy atom. The summed E-state index contributed by atoms with van der Waals surface area (Å²) in [6.07, 6.45) is 3.39. The Hall–Kier alpha value is -1.33. The van der Waals surface area contributed by atoms with Crippen molar-refractivity contribution in [2.75, 3.05) is 19.6 Å². The van der Waals surface area contributed by atoms with E-state index in [0.717, 1.165) is 31.6 Å². The number of likely N-dealkylation sites (tertiary alicyclic amines) is 1. The van der Waals surface area contributed by atoms with Gasteiger partial charge in [0, 0.05) is 18.0 Å². The topological polar surface area (TPSA) is 53.6 Å². The van der Waals surface area contributed by atoms with Crippen LogP contribution in [0.15, 0.2) is 23.2 Å². The molecule has 1 aromatic carbocycles. The fourth-order valence-corrected chi connectivity index (χ4v) is 3.54. The Morgan fingerprint density at radius 1 is 1.52 bits per heavy atom. The van der Waals surface area contributed by atoms with Crippen LogP contribution < -0.4 is 11.1 Å². The average Bonchev–Trinajstić information content (AvgIpc) is 3.13. The maximum atomic E-state index is 13.5. The van der Waals surface area contributed by atoms with Gasteiger partial charge >= 0.3 is 0 Å². The highest BCUT2D eigenvalue weighted by Gasteiger charge is 2.39. The van der Waals surface area contributed by atoms with E-state index in [1.807, 2.05) is 6.07 Å². The summed E-state index contributed by atoms with van der Waals surface area (Å²) in [4.78, 5) is 6.94. The Bertz CT molecular complexity index is 592. The van der Waals surface area contributed by atoms with Crippen LogP contribution in [0.2, 0.25) is 5.02 Å². The first kappa shape index (κ1) is 16.5. The number of nitrogens with one attached hydrogen (secondary N) is 1. The highest BCUT2D eigenvalue weighted by atomic mass is 35.5. The van der Waals surface area contributed by atoms with Gasteiger partial charge in [0.15, 0.2) is 5.96 Å². The second-order valence-corrected chi connectivity index (χ2v) is 6.82. The van der Waals surface area contributed by atoms with Crippen molar-refractivity contribution in [3.8, 4) is 0 Å². The molecule has 0 bridgehead atoms. The Morgan fingerprint density at radius 3 is 3.09 bits per heavy atom. The number of hydrogen-bond acceptors (Lipinski definition) is 2. The lowest BCUT2D eigenvalue weighted by Crippen LogP contribution is -2.37. The Labute approximate surface area is 141 Å². The van der Waals surface area contributed by atoms with Gasteiger partial charge in [-0.25, -0.2) is 4.39 Å². The first-order valence-corrected chi connectivity index (χ1v) is 8.71. The molecule has 0 radical (unpaired) electrons. The van der Waals surface area contributed by atoms with Crippen molar-refractivity contribution in [3.63, 3.8) is 0 Å². The molecule has 23 heavy (non-hydrogen) atoms. The van der Waals surface area contributed by atoms with E-state index in [9.17, 15) is 4.39 Å². The van der Waals surface area contributed by atoms with Crippen molar-refractivity contribution in [1.82, 2.24) is 10.2 Å². The summed E-state index contributed by atoms with van der Waals surface area (Å²) in [6.45, 7) is 5.17. The number of likely N-dealkylation sites (N-methyl/N-ethyl adjacent to an activating group) is 1. The molecule has 0 aromatic heterocycles. The van der Waals surface area contributed by atoms with Crippen LogP contribution in [0.25, 0.3) is 0 Å². The minimum absolute atomic E-state index is 0.164. The van der Waals surface area contributed by atoms with Gasteiger partial charge in [0.25, 0.3) is 0 Å². The third-order valence-corrected chi connectivity index (χ3v) is 5.18. The van der Waals surface area contributed by atoms with Gasteiger partial charge in [-0.3, -0.25) is 9.89 Å². The maximum Gasteiger partial charge on any atom is 0.188 e. The van der Waals surface area contributed by atoms with Crippen molar-refractivity contribution in [3.05, 3.63) is 34.6 Å². The molecule has 1 saturated heterocycles. The van der Waals surface area contributed by atoms with Crippen LogP contribution >= 0.6 is 11.6 Å². The van der Waals surface area contributed by atoms with Crippen LogP contribution in [0.5, 0.6) is 0 Å². The average molecular weight is 339 g/mol. The molecule has 4 nitrogen and oxygen atoms in total. The van der Waals surface area contributed by atoms with Gasteiger partial charge in [0.05, 0.1) is 11.6 Å². The van der Waals surface area contributed by atoms with Gasteiger partial charge in [-0.2, -0.15) is 0 Å². The van der Waals surface area contributed by atoms with Crippen molar-refractivity contribution in [2.24, 2.45) is 10.7 Å². The second kappa shape index (κ2) is 7.05.